The van der Waals surface area contributed by atoms with Gasteiger partial charge in [-0.3, -0.25) is 4.79 Å². The molecule has 0 aliphatic carbocycles. The van der Waals surface area contributed by atoms with Crippen LogP contribution in [0.2, 0.25) is 0 Å². The molecule has 2 aromatic rings. The molecule has 3 rings (SSSR count). The molecule has 2 aromatic carbocycles. The normalized spacial score (nSPS) is 13.3. The molecule has 0 saturated heterocycles. The molecule has 1 heterocycles. The largest absolute Gasteiger partial charge is 0.495 e. The van der Waals surface area contributed by atoms with Crippen LogP contribution >= 0.6 is 0 Å². The lowest BCUT2D eigenvalue weighted by Gasteiger charge is -2.17. The van der Waals surface area contributed by atoms with Crippen LogP contribution in [-0.4, -0.2) is 25.9 Å². The highest BCUT2D eigenvalue weighted by atomic mass is 16.7. The van der Waals surface area contributed by atoms with Crippen molar-refractivity contribution in [3.05, 3.63) is 42.5 Å². The molecule has 2 N–H and O–H groups in total. The van der Waals surface area contributed by atoms with E-state index in [0.717, 1.165) is 5.69 Å². The smallest absolute Gasteiger partial charge is 0.246 e. The minimum Gasteiger partial charge on any atom is -0.495 e. The summed E-state index contributed by atoms with van der Waals surface area (Å²) in [5.41, 5.74) is 1.43. The Labute approximate surface area is 134 Å². The Hall–Kier alpha value is -2.89. The number of hydrogen-bond acceptors (Lipinski definition) is 5. The monoisotopic (exact) mass is 314 g/mol. The van der Waals surface area contributed by atoms with E-state index < -0.39 is 6.04 Å². The van der Waals surface area contributed by atoms with Gasteiger partial charge in [0.15, 0.2) is 11.5 Å². The van der Waals surface area contributed by atoms with Crippen molar-refractivity contribution in [2.24, 2.45) is 0 Å². The average Bonchev–Trinajstić information content (AvgIpc) is 3.03. The molecule has 0 saturated carbocycles. The maximum absolute atomic E-state index is 12.3. The van der Waals surface area contributed by atoms with Crippen molar-refractivity contribution in [2.75, 3.05) is 24.5 Å². The van der Waals surface area contributed by atoms with E-state index in [1.165, 1.54) is 0 Å². The number of carbonyl (C=O) groups excluding carboxylic acids is 1. The highest BCUT2D eigenvalue weighted by Gasteiger charge is 2.17. The molecule has 6 heteroatoms. The second-order valence-electron chi connectivity index (χ2n) is 5.12. The lowest BCUT2D eigenvalue weighted by atomic mass is 10.2. The lowest BCUT2D eigenvalue weighted by Crippen LogP contribution is -2.32. The number of carbonyl (C=O) groups is 1. The number of fused-ring (bicyclic) bond motifs is 1. The van der Waals surface area contributed by atoms with Crippen LogP contribution in [-0.2, 0) is 4.79 Å². The molecular weight excluding hydrogens is 296 g/mol. The number of hydrogen-bond donors (Lipinski definition) is 2. The van der Waals surface area contributed by atoms with Crippen molar-refractivity contribution >= 4 is 17.3 Å². The van der Waals surface area contributed by atoms with Gasteiger partial charge in [0.25, 0.3) is 0 Å². The van der Waals surface area contributed by atoms with Crippen LogP contribution in [0, 0.1) is 0 Å². The van der Waals surface area contributed by atoms with Crippen LogP contribution in [0.25, 0.3) is 0 Å². The first kappa shape index (κ1) is 15.0. The topological polar surface area (TPSA) is 68.8 Å². The predicted molar refractivity (Wildman–Crippen MR) is 87.3 cm³/mol. The van der Waals surface area contributed by atoms with Gasteiger partial charge in [0.05, 0.1) is 12.8 Å². The molecule has 0 spiro atoms. The van der Waals surface area contributed by atoms with Gasteiger partial charge in [-0.15, -0.1) is 0 Å². The SMILES string of the molecule is COc1ccccc1N[C@@H](C)C(=O)Nc1ccc2c(c1)OCO2. The van der Waals surface area contributed by atoms with E-state index in [-0.39, 0.29) is 12.7 Å². The van der Waals surface area contributed by atoms with Crippen molar-refractivity contribution in [1.82, 2.24) is 0 Å². The Bertz CT molecular complexity index is 717. The zero-order valence-electron chi connectivity index (χ0n) is 13.0. The maximum Gasteiger partial charge on any atom is 0.246 e. The van der Waals surface area contributed by atoms with E-state index >= 15 is 0 Å². The van der Waals surface area contributed by atoms with E-state index in [4.69, 9.17) is 14.2 Å². The van der Waals surface area contributed by atoms with Gasteiger partial charge in [0, 0.05) is 11.8 Å². The number of anilines is 2. The minimum absolute atomic E-state index is 0.158. The van der Waals surface area contributed by atoms with Gasteiger partial charge in [0.1, 0.15) is 11.8 Å². The number of amides is 1. The molecule has 6 nitrogen and oxygen atoms in total. The predicted octanol–water partition coefficient (Wildman–Crippen LogP) is 2.86. The summed E-state index contributed by atoms with van der Waals surface area (Å²) in [7, 11) is 1.60. The third-order valence-corrected chi connectivity index (χ3v) is 3.51. The van der Waals surface area contributed by atoms with E-state index in [9.17, 15) is 4.79 Å². The van der Waals surface area contributed by atoms with Crippen LogP contribution in [0.15, 0.2) is 42.5 Å². The zero-order chi connectivity index (χ0) is 16.2. The van der Waals surface area contributed by atoms with Crippen LogP contribution < -0.4 is 24.8 Å². The van der Waals surface area contributed by atoms with E-state index in [1.54, 1.807) is 32.2 Å². The Balaban J connectivity index is 1.66. The van der Waals surface area contributed by atoms with Crippen molar-refractivity contribution in [1.29, 1.82) is 0 Å². The molecule has 0 unspecified atom stereocenters. The quantitative estimate of drug-likeness (QED) is 0.888. The summed E-state index contributed by atoms with van der Waals surface area (Å²) in [5, 5.41) is 5.99. The van der Waals surface area contributed by atoms with E-state index in [2.05, 4.69) is 10.6 Å². The fraction of sp³-hybridized carbons (Fsp3) is 0.235. The van der Waals surface area contributed by atoms with Gasteiger partial charge in [-0.05, 0) is 31.2 Å². The molecule has 0 radical (unpaired) electrons. The van der Waals surface area contributed by atoms with Crippen LogP contribution in [0.5, 0.6) is 17.2 Å². The van der Waals surface area contributed by atoms with Gasteiger partial charge >= 0.3 is 0 Å². The third kappa shape index (κ3) is 3.31. The molecular formula is C17H18N2O4. The second kappa shape index (κ2) is 6.48. The van der Waals surface area contributed by atoms with Crippen molar-refractivity contribution in [3.8, 4) is 17.2 Å². The number of nitrogens with one attached hydrogen (secondary N) is 2. The van der Waals surface area contributed by atoms with E-state index in [0.29, 0.717) is 22.9 Å². The maximum atomic E-state index is 12.3. The summed E-state index contributed by atoms with van der Waals surface area (Å²) in [4.78, 5) is 12.3. The van der Waals surface area contributed by atoms with Gasteiger partial charge in [-0.25, -0.2) is 0 Å². The van der Waals surface area contributed by atoms with Crippen molar-refractivity contribution < 1.29 is 19.0 Å². The van der Waals surface area contributed by atoms with Crippen molar-refractivity contribution in [3.63, 3.8) is 0 Å². The standard InChI is InChI=1S/C17H18N2O4/c1-11(18-13-5-3-4-6-14(13)21-2)17(20)19-12-7-8-15-16(9-12)23-10-22-15/h3-9,11,18H,10H2,1-2H3,(H,19,20)/t11-/m0/s1. The van der Waals surface area contributed by atoms with Gasteiger partial charge in [-0.1, -0.05) is 12.1 Å². The minimum atomic E-state index is -0.434. The Morgan fingerprint density at radius 1 is 1.17 bits per heavy atom. The number of ether oxygens (including phenoxy) is 3. The second-order valence-corrected chi connectivity index (χ2v) is 5.12. The first-order chi connectivity index (χ1) is 11.2. The summed E-state index contributed by atoms with van der Waals surface area (Å²) in [5.74, 6) is 1.85. The van der Waals surface area contributed by atoms with Crippen LogP contribution in [0.3, 0.4) is 0 Å². The van der Waals surface area contributed by atoms with Gasteiger partial charge in [-0.2, -0.15) is 0 Å². The fourth-order valence-corrected chi connectivity index (χ4v) is 2.29. The van der Waals surface area contributed by atoms with Gasteiger partial charge < -0.3 is 24.8 Å². The first-order valence-corrected chi connectivity index (χ1v) is 7.27. The summed E-state index contributed by atoms with van der Waals surface area (Å²) in [6.07, 6.45) is 0. The molecule has 0 fully saturated rings. The van der Waals surface area contributed by atoms with Crippen molar-refractivity contribution in [2.45, 2.75) is 13.0 Å². The summed E-state index contributed by atoms with van der Waals surface area (Å²) < 4.78 is 15.8. The zero-order valence-corrected chi connectivity index (χ0v) is 13.0. The van der Waals surface area contributed by atoms with Crippen LogP contribution in [0.4, 0.5) is 11.4 Å². The molecule has 23 heavy (non-hydrogen) atoms. The van der Waals surface area contributed by atoms with Gasteiger partial charge in [0.2, 0.25) is 12.7 Å². The van der Waals surface area contributed by atoms with E-state index in [1.807, 2.05) is 24.3 Å². The number of rotatable bonds is 5. The molecule has 0 aromatic heterocycles. The Kier molecular flexibility index (Phi) is 4.23. The number of methoxy groups -OCH3 is 1. The molecule has 1 atom stereocenters. The first-order valence-electron chi connectivity index (χ1n) is 7.27. The molecule has 120 valence electrons. The van der Waals surface area contributed by atoms with Crippen LogP contribution in [0.1, 0.15) is 6.92 Å². The number of benzene rings is 2. The highest BCUT2D eigenvalue weighted by Crippen LogP contribution is 2.34. The fourth-order valence-electron chi connectivity index (χ4n) is 2.29. The number of para-hydroxylation sites is 2. The Morgan fingerprint density at radius 2 is 1.96 bits per heavy atom. The molecule has 1 amide bonds. The summed E-state index contributed by atoms with van der Waals surface area (Å²) in [6.45, 7) is 1.99. The Morgan fingerprint density at radius 3 is 2.78 bits per heavy atom. The average molecular weight is 314 g/mol. The molecule has 1 aliphatic rings. The molecule has 1 aliphatic heterocycles. The summed E-state index contributed by atoms with van der Waals surface area (Å²) in [6, 6.07) is 12.3. The lowest BCUT2D eigenvalue weighted by molar-refractivity contribution is -0.116. The highest BCUT2D eigenvalue weighted by molar-refractivity contribution is 5.96. The summed E-state index contributed by atoms with van der Waals surface area (Å²) >= 11 is 0. The molecule has 0 bridgehead atoms. The third-order valence-electron chi connectivity index (χ3n) is 3.51.